The standard InChI is InChI=1S/C17H12Cl2N2O2S/c18-12-5-13(19)7-14(6-12)21-17(22)11-1-3-16(4-2-11)23-8-15-9-24-10-20-15/h1-7,9-10H,8H2,(H,21,22). The van der Waals surface area contributed by atoms with Gasteiger partial charge in [0.1, 0.15) is 12.4 Å². The maximum atomic E-state index is 12.2. The number of anilines is 1. The molecule has 0 bridgehead atoms. The number of hydrogen-bond acceptors (Lipinski definition) is 4. The van der Waals surface area contributed by atoms with Gasteiger partial charge in [0.15, 0.2) is 0 Å². The van der Waals surface area contributed by atoms with Crippen LogP contribution in [0, 0.1) is 0 Å². The molecule has 4 nitrogen and oxygen atoms in total. The number of nitrogens with one attached hydrogen (secondary N) is 1. The maximum Gasteiger partial charge on any atom is 0.255 e. The van der Waals surface area contributed by atoms with Gasteiger partial charge < -0.3 is 10.1 Å². The Labute approximate surface area is 153 Å². The van der Waals surface area contributed by atoms with Crippen LogP contribution in [-0.4, -0.2) is 10.9 Å². The van der Waals surface area contributed by atoms with Gasteiger partial charge in [0.05, 0.1) is 11.2 Å². The smallest absolute Gasteiger partial charge is 0.255 e. The number of carbonyl (C=O) groups excluding carboxylic acids is 1. The zero-order chi connectivity index (χ0) is 16.9. The molecule has 0 aliphatic heterocycles. The van der Waals surface area contributed by atoms with Gasteiger partial charge in [-0.2, -0.15) is 0 Å². The molecule has 1 aromatic heterocycles. The lowest BCUT2D eigenvalue weighted by atomic mass is 10.2. The van der Waals surface area contributed by atoms with Crippen LogP contribution in [0.4, 0.5) is 5.69 Å². The Balaban J connectivity index is 1.63. The number of benzene rings is 2. The lowest BCUT2D eigenvalue weighted by molar-refractivity contribution is 0.102. The third kappa shape index (κ3) is 4.47. The van der Waals surface area contributed by atoms with E-state index in [0.717, 1.165) is 5.69 Å². The molecule has 24 heavy (non-hydrogen) atoms. The molecule has 0 fully saturated rings. The highest BCUT2D eigenvalue weighted by Crippen LogP contribution is 2.23. The van der Waals surface area contributed by atoms with E-state index in [0.29, 0.717) is 33.7 Å². The minimum absolute atomic E-state index is 0.251. The van der Waals surface area contributed by atoms with E-state index in [2.05, 4.69) is 10.3 Å². The first-order chi connectivity index (χ1) is 11.6. The monoisotopic (exact) mass is 378 g/mol. The Hall–Kier alpha value is -2.08. The van der Waals surface area contributed by atoms with E-state index in [1.807, 2.05) is 5.38 Å². The first-order valence-electron chi connectivity index (χ1n) is 6.97. The van der Waals surface area contributed by atoms with Gasteiger partial charge in [-0.15, -0.1) is 11.3 Å². The van der Waals surface area contributed by atoms with E-state index in [4.69, 9.17) is 27.9 Å². The van der Waals surface area contributed by atoms with E-state index in [9.17, 15) is 4.79 Å². The van der Waals surface area contributed by atoms with Crippen LogP contribution in [0.3, 0.4) is 0 Å². The van der Waals surface area contributed by atoms with Gasteiger partial charge in [-0.3, -0.25) is 4.79 Å². The summed E-state index contributed by atoms with van der Waals surface area (Å²) in [5.74, 6) is 0.421. The number of nitrogens with zero attached hydrogens (tertiary/aromatic N) is 1. The molecule has 3 aromatic rings. The van der Waals surface area contributed by atoms with Gasteiger partial charge >= 0.3 is 0 Å². The summed E-state index contributed by atoms with van der Waals surface area (Å²) in [4.78, 5) is 16.4. The number of halogens is 2. The second kappa shape index (κ2) is 7.66. The van der Waals surface area contributed by atoms with Crippen LogP contribution in [0.15, 0.2) is 53.4 Å². The van der Waals surface area contributed by atoms with Crippen LogP contribution in [-0.2, 0) is 6.61 Å². The van der Waals surface area contributed by atoms with Gasteiger partial charge in [-0.05, 0) is 42.5 Å². The Morgan fingerprint density at radius 2 is 1.83 bits per heavy atom. The van der Waals surface area contributed by atoms with Crippen molar-refractivity contribution in [2.75, 3.05) is 5.32 Å². The van der Waals surface area contributed by atoms with E-state index in [1.54, 1.807) is 48.0 Å². The molecule has 2 aromatic carbocycles. The minimum atomic E-state index is -0.251. The van der Waals surface area contributed by atoms with Gasteiger partial charge in [0.2, 0.25) is 0 Å². The van der Waals surface area contributed by atoms with Gasteiger partial charge in [-0.25, -0.2) is 4.98 Å². The summed E-state index contributed by atoms with van der Waals surface area (Å²) in [5, 5.41) is 5.61. The van der Waals surface area contributed by atoms with Crippen LogP contribution in [0.2, 0.25) is 10.0 Å². The fraction of sp³-hybridized carbons (Fsp3) is 0.0588. The number of thiazole rings is 1. The van der Waals surface area contributed by atoms with Gasteiger partial charge in [0.25, 0.3) is 5.91 Å². The molecule has 0 unspecified atom stereocenters. The van der Waals surface area contributed by atoms with Crippen LogP contribution in [0.25, 0.3) is 0 Å². The third-order valence-corrected chi connectivity index (χ3v) is 4.18. The van der Waals surface area contributed by atoms with Crippen molar-refractivity contribution in [2.45, 2.75) is 6.61 Å². The molecular weight excluding hydrogens is 367 g/mol. The van der Waals surface area contributed by atoms with Crippen molar-refractivity contribution < 1.29 is 9.53 Å². The molecule has 3 rings (SSSR count). The lowest BCUT2D eigenvalue weighted by Crippen LogP contribution is -2.11. The fourth-order valence-corrected chi connectivity index (χ4v) is 3.07. The van der Waals surface area contributed by atoms with E-state index >= 15 is 0 Å². The second-order valence-electron chi connectivity index (χ2n) is 4.91. The Morgan fingerprint density at radius 3 is 2.46 bits per heavy atom. The topological polar surface area (TPSA) is 51.2 Å². The lowest BCUT2D eigenvalue weighted by Gasteiger charge is -2.08. The predicted octanol–water partition coefficient (Wildman–Crippen LogP) is 5.28. The second-order valence-corrected chi connectivity index (χ2v) is 6.50. The zero-order valence-electron chi connectivity index (χ0n) is 12.3. The highest BCUT2D eigenvalue weighted by atomic mass is 35.5. The third-order valence-electron chi connectivity index (χ3n) is 3.11. The van der Waals surface area contributed by atoms with E-state index in [-0.39, 0.29) is 5.91 Å². The molecule has 0 atom stereocenters. The summed E-state index contributed by atoms with van der Waals surface area (Å²) in [5.41, 5.74) is 3.68. The summed E-state index contributed by atoms with van der Waals surface area (Å²) in [6, 6.07) is 11.7. The molecule has 0 saturated carbocycles. The highest BCUT2D eigenvalue weighted by Gasteiger charge is 2.08. The van der Waals surface area contributed by atoms with Gasteiger partial charge in [0, 0.05) is 26.7 Å². The molecule has 0 aliphatic rings. The summed E-state index contributed by atoms with van der Waals surface area (Å²) in [7, 11) is 0. The number of amides is 1. The van der Waals surface area contributed by atoms with Gasteiger partial charge in [-0.1, -0.05) is 23.2 Å². The molecule has 1 heterocycles. The van der Waals surface area contributed by atoms with E-state index in [1.165, 1.54) is 11.3 Å². The predicted molar refractivity (Wildman–Crippen MR) is 97.3 cm³/mol. The van der Waals surface area contributed by atoms with Crippen molar-refractivity contribution in [2.24, 2.45) is 0 Å². The maximum absolute atomic E-state index is 12.2. The Morgan fingerprint density at radius 1 is 1.12 bits per heavy atom. The van der Waals surface area contributed by atoms with Crippen molar-refractivity contribution in [3.8, 4) is 5.75 Å². The average Bonchev–Trinajstić information content (AvgIpc) is 3.06. The summed E-state index contributed by atoms with van der Waals surface area (Å²) in [6.07, 6.45) is 0. The first kappa shape index (κ1) is 16.8. The normalized spacial score (nSPS) is 10.4. The molecule has 0 aliphatic carbocycles. The summed E-state index contributed by atoms with van der Waals surface area (Å²) < 4.78 is 5.61. The number of aromatic nitrogens is 1. The van der Waals surface area contributed by atoms with Crippen LogP contribution >= 0.6 is 34.5 Å². The molecule has 0 spiro atoms. The minimum Gasteiger partial charge on any atom is -0.487 e. The number of carbonyl (C=O) groups is 1. The van der Waals surface area contributed by atoms with Crippen LogP contribution in [0.1, 0.15) is 16.1 Å². The van der Waals surface area contributed by atoms with Crippen molar-refractivity contribution >= 4 is 46.1 Å². The summed E-state index contributed by atoms with van der Waals surface area (Å²) in [6.45, 7) is 0.399. The molecular formula is C17H12Cl2N2O2S. The SMILES string of the molecule is O=C(Nc1cc(Cl)cc(Cl)c1)c1ccc(OCc2cscn2)cc1. The van der Waals surface area contributed by atoms with Crippen molar-refractivity contribution in [3.05, 3.63) is 74.7 Å². The van der Waals surface area contributed by atoms with Crippen molar-refractivity contribution in [3.63, 3.8) is 0 Å². The molecule has 122 valence electrons. The number of hydrogen-bond donors (Lipinski definition) is 1. The fourth-order valence-electron chi connectivity index (χ4n) is 2.00. The zero-order valence-corrected chi connectivity index (χ0v) is 14.7. The molecule has 0 radical (unpaired) electrons. The molecule has 1 N–H and O–H groups in total. The number of ether oxygens (including phenoxy) is 1. The quantitative estimate of drug-likeness (QED) is 0.656. The molecule has 0 saturated heterocycles. The molecule has 1 amide bonds. The Kier molecular flexibility index (Phi) is 5.35. The number of rotatable bonds is 5. The summed E-state index contributed by atoms with van der Waals surface area (Å²) >= 11 is 13.4. The van der Waals surface area contributed by atoms with Crippen molar-refractivity contribution in [1.82, 2.24) is 4.98 Å². The van der Waals surface area contributed by atoms with Crippen LogP contribution in [0.5, 0.6) is 5.75 Å². The Bertz CT molecular complexity index is 816. The van der Waals surface area contributed by atoms with Crippen molar-refractivity contribution in [1.29, 1.82) is 0 Å². The molecule has 7 heteroatoms. The average molecular weight is 379 g/mol. The largest absolute Gasteiger partial charge is 0.487 e. The first-order valence-corrected chi connectivity index (χ1v) is 8.67. The van der Waals surface area contributed by atoms with Crippen LogP contribution < -0.4 is 10.1 Å². The van der Waals surface area contributed by atoms with E-state index < -0.39 is 0 Å². The highest BCUT2D eigenvalue weighted by molar-refractivity contribution is 7.07.